The second-order valence-corrected chi connectivity index (χ2v) is 7.72. The van der Waals surface area contributed by atoms with Crippen LogP contribution in [-0.2, 0) is 11.3 Å². The summed E-state index contributed by atoms with van der Waals surface area (Å²) < 4.78 is 7.14. The molecular weight excluding hydrogens is 362 g/mol. The lowest BCUT2D eigenvalue weighted by Gasteiger charge is -2.10. The number of anilines is 1. The zero-order valence-electron chi connectivity index (χ0n) is 15.1. The van der Waals surface area contributed by atoms with Gasteiger partial charge < -0.3 is 14.4 Å². The summed E-state index contributed by atoms with van der Waals surface area (Å²) >= 11 is 1.56. The van der Waals surface area contributed by atoms with Gasteiger partial charge in [0.2, 0.25) is 5.91 Å². The van der Waals surface area contributed by atoms with Crippen molar-refractivity contribution in [2.24, 2.45) is 0 Å². The van der Waals surface area contributed by atoms with E-state index >= 15 is 0 Å². The van der Waals surface area contributed by atoms with Crippen LogP contribution in [0, 0.1) is 6.92 Å². The number of thioether (sulfide) groups is 1. The van der Waals surface area contributed by atoms with Gasteiger partial charge in [-0.2, -0.15) is 0 Å². The number of aryl methyl sites for hydroxylation is 1. The fourth-order valence-electron chi connectivity index (χ4n) is 2.83. The van der Waals surface area contributed by atoms with E-state index in [-0.39, 0.29) is 5.91 Å². The first-order valence-electron chi connectivity index (χ1n) is 9.02. The van der Waals surface area contributed by atoms with E-state index in [9.17, 15) is 4.79 Å². The normalized spacial score (nSPS) is 13.7. The van der Waals surface area contributed by atoms with Crippen LogP contribution in [0.25, 0.3) is 0 Å². The lowest BCUT2D eigenvalue weighted by Crippen LogP contribution is -2.12. The molecule has 4 rings (SSSR count). The quantitative estimate of drug-likeness (QED) is 0.598. The van der Waals surface area contributed by atoms with Gasteiger partial charge in [0.05, 0.1) is 6.54 Å². The zero-order valence-corrected chi connectivity index (χ0v) is 15.9. The highest BCUT2D eigenvalue weighted by Gasteiger charge is 2.30. The molecule has 0 atom stereocenters. The van der Waals surface area contributed by atoms with E-state index in [1.54, 1.807) is 24.8 Å². The Morgan fingerprint density at radius 3 is 2.81 bits per heavy atom. The Morgan fingerprint density at radius 2 is 2.11 bits per heavy atom. The van der Waals surface area contributed by atoms with Gasteiger partial charge in [0.25, 0.3) is 0 Å². The van der Waals surface area contributed by atoms with Crippen LogP contribution in [0.2, 0.25) is 0 Å². The number of carbonyl (C=O) groups is 1. The third-order valence-corrected chi connectivity index (χ3v) is 5.30. The maximum atomic E-state index is 12.1. The number of amides is 1. The Morgan fingerprint density at radius 1 is 1.30 bits per heavy atom. The first-order chi connectivity index (χ1) is 13.2. The van der Waals surface area contributed by atoms with Crippen molar-refractivity contribution in [3.05, 3.63) is 53.5 Å². The second-order valence-electron chi connectivity index (χ2n) is 6.66. The van der Waals surface area contributed by atoms with Crippen molar-refractivity contribution in [1.82, 2.24) is 19.9 Å². The molecule has 0 radical (unpaired) electrons. The lowest BCUT2D eigenvalue weighted by molar-refractivity contribution is -0.115. The molecule has 7 nitrogen and oxygen atoms in total. The molecule has 1 aliphatic rings. The first-order valence-corrected chi connectivity index (χ1v) is 10.0. The van der Waals surface area contributed by atoms with Gasteiger partial charge in [-0.3, -0.25) is 4.79 Å². The van der Waals surface area contributed by atoms with Crippen LogP contribution < -0.4 is 5.32 Å². The Labute approximate surface area is 161 Å². The highest BCUT2D eigenvalue weighted by atomic mass is 32.2. The number of nitrogens with zero attached hydrogens (tertiary/aromatic N) is 4. The molecule has 0 spiro atoms. The Kier molecular flexibility index (Phi) is 5.24. The summed E-state index contributed by atoms with van der Waals surface area (Å²) in [6.45, 7) is 2.54. The summed E-state index contributed by atoms with van der Waals surface area (Å²) in [6.07, 6.45) is 2.72. The number of aromatic nitrogens is 4. The van der Waals surface area contributed by atoms with E-state index in [2.05, 4.69) is 37.4 Å². The smallest absolute Gasteiger partial charge is 0.226 e. The summed E-state index contributed by atoms with van der Waals surface area (Å²) in [5.74, 6) is 3.23. The Bertz CT molecular complexity index is 917. The van der Waals surface area contributed by atoms with Gasteiger partial charge in [-0.25, -0.2) is 0 Å². The third kappa shape index (κ3) is 4.57. The van der Waals surface area contributed by atoms with Crippen LogP contribution in [-0.4, -0.2) is 31.6 Å². The van der Waals surface area contributed by atoms with E-state index in [0.717, 1.165) is 17.5 Å². The molecule has 27 heavy (non-hydrogen) atoms. The molecule has 8 heteroatoms. The maximum Gasteiger partial charge on any atom is 0.226 e. The fourth-order valence-corrected chi connectivity index (χ4v) is 3.71. The van der Waals surface area contributed by atoms with Crippen molar-refractivity contribution >= 4 is 23.5 Å². The van der Waals surface area contributed by atoms with Crippen LogP contribution in [0.1, 0.15) is 42.3 Å². The lowest BCUT2D eigenvalue weighted by atomic mass is 10.2. The average Bonchev–Trinajstić information content (AvgIpc) is 3.32. The number of hydrogen-bond donors (Lipinski definition) is 1. The highest BCUT2D eigenvalue weighted by molar-refractivity contribution is 7.99. The van der Waals surface area contributed by atoms with E-state index in [1.165, 1.54) is 18.4 Å². The van der Waals surface area contributed by atoms with Crippen LogP contribution in [0.15, 0.2) is 46.1 Å². The molecule has 2 aromatic heterocycles. The summed E-state index contributed by atoms with van der Waals surface area (Å²) in [6, 6.07) is 12.0. The Hall–Kier alpha value is -2.61. The molecular formula is C19H21N5O2S. The van der Waals surface area contributed by atoms with Gasteiger partial charge in [-0.15, -0.1) is 10.2 Å². The van der Waals surface area contributed by atoms with Crippen molar-refractivity contribution in [3.8, 4) is 0 Å². The molecule has 1 aromatic carbocycles. The zero-order chi connectivity index (χ0) is 18.6. The molecule has 0 bridgehead atoms. The van der Waals surface area contributed by atoms with Crippen molar-refractivity contribution in [2.45, 2.75) is 43.8 Å². The summed E-state index contributed by atoms with van der Waals surface area (Å²) in [5.41, 5.74) is 1.22. The summed E-state index contributed by atoms with van der Waals surface area (Å²) in [7, 11) is 0. The first kappa shape index (κ1) is 17.8. The van der Waals surface area contributed by atoms with Gasteiger partial charge in [0.15, 0.2) is 11.0 Å². The van der Waals surface area contributed by atoms with Gasteiger partial charge >= 0.3 is 0 Å². The van der Waals surface area contributed by atoms with Gasteiger partial charge in [0, 0.05) is 24.2 Å². The molecule has 1 aliphatic carbocycles. The molecule has 0 aliphatic heterocycles. The predicted molar refractivity (Wildman–Crippen MR) is 103 cm³/mol. The average molecular weight is 383 g/mol. The van der Waals surface area contributed by atoms with Gasteiger partial charge in [-0.1, -0.05) is 47.3 Å². The Balaban J connectivity index is 1.37. The molecule has 0 saturated heterocycles. The molecule has 0 unspecified atom stereocenters. The second kappa shape index (κ2) is 7.96. The van der Waals surface area contributed by atoms with Crippen LogP contribution in [0.3, 0.4) is 0 Å². The van der Waals surface area contributed by atoms with Crippen LogP contribution in [0.4, 0.5) is 5.82 Å². The number of benzene rings is 1. The fraction of sp³-hybridized carbons (Fsp3) is 0.368. The van der Waals surface area contributed by atoms with E-state index < -0.39 is 0 Å². The topological polar surface area (TPSA) is 85.8 Å². The molecule has 1 saturated carbocycles. The number of rotatable bonds is 8. The standard InChI is InChI=1S/C19H21N5O2S/c1-13-11-16(23-26-13)20-17(25)9-10-27-19-22-21-18(15-7-8-15)24(19)12-14-5-3-2-4-6-14/h2-6,11,15H,7-10,12H2,1H3,(H,20,23,25). The molecule has 1 N–H and O–H groups in total. The minimum absolute atomic E-state index is 0.0904. The minimum atomic E-state index is -0.0904. The van der Waals surface area contributed by atoms with E-state index in [4.69, 9.17) is 4.52 Å². The van der Waals surface area contributed by atoms with Gasteiger partial charge in [-0.05, 0) is 25.3 Å². The van der Waals surface area contributed by atoms with E-state index in [1.807, 2.05) is 18.2 Å². The van der Waals surface area contributed by atoms with Crippen molar-refractivity contribution in [3.63, 3.8) is 0 Å². The monoisotopic (exact) mass is 383 g/mol. The third-order valence-electron chi connectivity index (χ3n) is 4.33. The molecule has 3 aromatic rings. The van der Waals surface area contributed by atoms with Crippen LogP contribution in [0.5, 0.6) is 0 Å². The van der Waals surface area contributed by atoms with Crippen molar-refractivity contribution in [2.75, 3.05) is 11.1 Å². The minimum Gasteiger partial charge on any atom is -0.360 e. The summed E-state index contributed by atoms with van der Waals surface area (Å²) in [5, 5.41) is 16.2. The maximum absolute atomic E-state index is 12.1. The molecule has 2 heterocycles. The number of carbonyl (C=O) groups excluding carboxylic acids is 1. The summed E-state index contributed by atoms with van der Waals surface area (Å²) in [4.78, 5) is 12.1. The van der Waals surface area contributed by atoms with Crippen molar-refractivity contribution in [1.29, 1.82) is 0 Å². The van der Waals surface area contributed by atoms with Gasteiger partial charge in [0.1, 0.15) is 11.6 Å². The number of nitrogens with one attached hydrogen (secondary N) is 1. The molecule has 140 valence electrons. The SMILES string of the molecule is Cc1cc(NC(=O)CCSc2nnc(C3CC3)n2Cc2ccccc2)no1. The molecule has 1 fully saturated rings. The molecule has 1 amide bonds. The van der Waals surface area contributed by atoms with Crippen molar-refractivity contribution < 1.29 is 9.32 Å². The van der Waals surface area contributed by atoms with E-state index in [0.29, 0.717) is 29.7 Å². The highest BCUT2D eigenvalue weighted by Crippen LogP contribution is 2.40. The largest absolute Gasteiger partial charge is 0.360 e. The van der Waals surface area contributed by atoms with Crippen LogP contribution >= 0.6 is 11.8 Å². The predicted octanol–water partition coefficient (Wildman–Crippen LogP) is 3.62. The number of hydrogen-bond acceptors (Lipinski definition) is 6.